The van der Waals surface area contributed by atoms with Crippen molar-refractivity contribution >= 4 is 22.2 Å². The summed E-state index contributed by atoms with van der Waals surface area (Å²) in [6, 6.07) is 4.26. The zero-order valence-electron chi connectivity index (χ0n) is 12.3. The molecule has 0 saturated carbocycles. The lowest BCUT2D eigenvalue weighted by Gasteiger charge is -2.36. The van der Waals surface area contributed by atoms with Crippen molar-refractivity contribution in [3.05, 3.63) is 34.6 Å². The van der Waals surface area contributed by atoms with Gasteiger partial charge < -0.3 is 9.80 Å². The van der Waals surface area contributed by atoms with Crippen molar-refractivity contribution < 1.29 is 0 Å². The molecule has 1 fully saturated rings. The normalized spacial score (nSPS) is 15.8. The molecule has 20 heavy (non-hydrogen) atoms. The average molecular weight is 288 g/mol. The Morgan fingerprint density at radius 2 is 1.75 bits per heavy atom. The summed E-state index contributed by atoms with van der Waals surface area (Å²) in [5, 5.41) is 1.17. The first-order chi connectivity index (χ1) is 9.63. The molecule has 4 nitrogen and oxygen atoms in total. The van der Waals surface area contributed by atoms with E-state index in [-0.39, 0.29) is 0 Å². The van der Waals surface area contributed by atoms with Gasteiger partial charge in [-0.3, -0.25) is 4.98 Å². The lowest BCUT2D eigenvalue weighted by Crippen LogP contribution is -2.46. The van der Waals surface area contributed by atoms with Gasteiger partial charge in [-0.05, 0) is 32.9 Å². The highest BCUT2D eigenvalue weighted by Gasteiger charge is 2.20. The molecule has 0 atom stereocenters. The Labute approximate surface area is 124 Å². The fourth-order valence-electron chi connectivity index (χ4n) is 2.47. The predicted octanol–water partition coefficient (Wildman–Crippen LogP) is 2.79. The van der Waals surface area contributed by atoms with Crippen molar-refractivity contribution in [1.82, 2.24) is 9.97 Å². The maximum absolute atomic E-state index is 4.66. The molecular weight excluding hydrogens is 268 g/mol. The van der Waals surface area contributed by atoms with Crippen LogP contribution < -0.4 is 9.80 Å². The van der Waals surface area contributed by atoms with Crippen molar-refractivity contribution in [3.63, 3.8) is 0 Å². The SMILES string of the molecule is Cc1cc(N2CCN(c3nc(C)c(C)s3)CC2)ccn1. The van der Waals surface area contributed by atoms with Crippen LogP contribution in [-0.2, 0) is 0 Å². The quantitative estimate of drug-likeness (QED) is 0.850. The van der Waals surface area contributed by atoms with Crippen LogP contribution in [0.2, 0.25) is 0 Å². The molecule has 0 unspecified atom stereocenters. The van der Waals surface area contributed by atoms with Gasteiger partial charge in [0, 0.05) is 48.6 Å². The van der Waals surface area contributed by atoms with Gasteiger partial charge in [0.1, 0.15) is 0 Å². The highest BCUT2D eigenvalue weighted by atomic mass is 32.1. The first-order valence-corrected chi connectivity index (χ1v) is 7.82. The van der Waals surface area contributed by atoms with E-state index in [9.17, 15) is 0 Å². The minimum Gasteiger partial charge on any atom is -0.368 e. The molecule has 5 heteroatoms. The lowest BCUT2D eigenvalue weighted by molar-refractivity contribution is 0.651. The van der Waals surface area contributed by atoms with Crippen molar-refractivity contribution in [3.8, 4) is 0 Å². The molecule has 1 saturated heterocycles. The Bertz CT molecular complexity index is 580. The van der Waals surface area contributed by atoms with Crippen LogP contribution in [0.3, 0.4) is 0 Å². The number of pyridine rings is 1. The Hall–Kier alpha value is -1.62. The second kappa shape index (κ2) is 5.40. The van der Waals surface area contributed by atoms with E-state index < -0.39 is 0 Å². The Balaban J connectivity index is 1.67. The Morgan fingerprint density at radius 1 is 1.05 bits per heavy atom. The molecule has 2 aromatic heterocycles. The van der Waals surface area contributed by atoms with E-state index in [1.54, 1.807) is 11.3 Å². The smallest absolute Gasteiger partial charge is 0.185 e. The third kappa shape index (κ3) is 2.63. The maximum atomic E-state index is 4.66. The molecule has 3 heterocycles. The van der Waals surface area contributed by atoms with Gasteiger partial charge in [0.2, 0.25) is 0 Å². The zero-order valence-corrected chi connectivity index (χ0v) is 13.1. The third-order valence-corrected chi connectivity index (χ3v) is 4.95. The molecule has 1 aliphatic heterocycles. The summed E-state index contributed by atoms with van der Waals surface area (Å²) in [7, 11) is 0. The number of anilines is 2. The summed E-state index contributed by atoms with van der Waals surface area (Å²) < 4.78 is 0. The molecule has 0 spiro atoms. The molecule has 106 valence electrons. The van der Waals surface area contributed by atoms with Crippen molar-refractivity contribution in [2.75, 3.05) is 36.0 Å². The summed E-state index contributed by atoms with van der Waals surface area (Å²) in [4.78, 5) is 15.1. The van der Waals surface area contributed by atoms with Crippen LogP contribution in [0.5, 0.6) is 0 Å². The monoisotopic (exact) mass is 288 g/mol. The number of rotatable bonds is 2. The van der Waals surface area contributed by atoms with Gasteiger partial charge >= 0.3 is 0 Å². The molecule has 0 aromatic carbocycles. The summed E-state index contributed by atoms with van der Waals surface area (Å²) in [5.74, 6) is 0. The molecular formula is C15H20N4S. The number of aromatic nitrogens is 2. The van der Waals surface area contributed by atoms with E-state index in [1.807, 2.05) is 13.1 Å². The van der Waals surface area contributed by atoms with Gasteiger partial charge in [-0.2, -0.15) is 0 Å². The third-order valence-electron chi connectivity index (χ3n) is 3.81. The van der Waals surface area contributed by atoms with E-state index in [4.69, 9.17) is 0 Å². The Kier molecular flexibility index (Phi) is 3.61. The van der Waals surface area contributed by atoms with Gasteiger partial charge in [0.25, 0.3) is 0 Å². The predicted molar refractivity (Wildman–Crippen MR) is 85.0 cm³/mol. The van der Waals surface area contributed by atoms with Crippen LogP contribution >= 0.6 is 11.3 Å². The standard InChI is InChI=1S/C15H20N4S/c1-11-10-14(4-5-16-11)18-6-8-19(9-7-18)15-17-12(2)13(3)20-15/h4-5,10H,6-9H2,1-3H3. The molecule has 0 bridgehead atoms. The minimum absolute atomic E-state index is 1.04. The number of aryl methyl sites for hydroxylation is 3. The highest BCUT2D eigenvalue weighted by Crippen LogP contribution is 2.27. The van der Waals surface area contributed by atoms with E-state index in [0.717, 1.165) is 37.6 Å². The first-order valence-electron chi connectivity index (χ1n) is 7.00. The number of hydrogen-bond acceptors (Lipinski definition) is 5. The van der Waals surface area contributed by atoms with Crippen molar-refractivity contribution in [2.24, 2.45) is 0 Å². The summed E-state index contributed by atoms with van der Waals surface area (Å²) in [5.41, 5.74) is 3.52. The summed E-state index contributed by atoms with van der Waals surface area (Å²) in [6.45, 7) is 10.4. The van der Waals surface area contributed by atoms with Gasteiger partial charge in [0.05, 0.1) is 5.69 Å². The van der Waals surface area contributed by atoms with Gasteiger partial charge in [-0.25, -0.2) is 4.98 Å². The molecule has 0 N–H and O–H groups in total. The van der Waals surface area contributed by atoms with E-state index in [2.05, 4.69) is 45.7 Å². The largest absolute Gasteiger partial charge is 0.368 e. The van der Waals surface area contributed by atoms with E-state index in [0.29, 0.717) is 0 Å². The van der Waals surface area contributed by atoms with Crippen LogP contribution in [-0.4, -0.2) is 36.1 Å². The fraction of sp³-hybridized carbons (Fsp3) is 0.467. The van der Waals surface area contributed by atoms with Crippen LogP contribution in [0, 0.1) is 20.8 Å². The number of nitrogens with zero attached hydrogens (tertiary/aromatic N) is 4. The van der Waals surface area contributed by atoms with Gasteiger partial charge in [-0.1, -0.05) is 0 Å². The second-order valence-corrected chi connectivity index (χ2v) is 6.45. The molecule has 0 radical (unpaired) electrons. The van der Waals surface area contributed by atoms with E-state index >= 15 is 0 Å². The molecule has 0 aliphatic carbocycles. The minimum atomic E-state index is 1.04. The number of hydrogen-bond donors (Lipinski definition) is 0. The number of thiazole rings is 1. The molecule has 2 aromatic rings. The summed E-state index contributed by atoms with van der Waals surface area (Å²) in [6.07, 6.45) is 1.89. The van der Waals surface area contributed by atoms with Gasteiger partial charge in [0.15, 0.2) is 5.13 Å². The zero-order chi connectivity index (χ0) is 14.1. The second-order valence-electron chi connectivity index (χ2n) is 5.27. The van der Waals surface area contributed by atoms with Crippen molar-refractivity contribution in [1.29, 1.82) is 0 Å². The topological polar surface area (TPSA) is 32.3 Å². The first kappa shape index (κ1) is 13.4. The van der Waals surface area contributed by atoms with Crippen LogP contribution in [0.15, 0.2) is 18.3 Å². The Morgan fingerprint density at radius 3 is 2.35 bits per heavy atom. The lowest BCUT2D eigenvalue weighted by atomic mass is 10.2. The molecule has 1 aliphatic rings. The van der Waals surface area contributed by atoms with Gasteiger partial charge in [-0.15, -0.1) is 11.3 Å². The van der Waals surface area contributed by atoms with Crippen LogP contribution in [0.4, 0.5) is 10.8 Å². The van der Waals surface area contributed by atoms with E-state index in [1.165, 1.54) is 15.7 Å². The average Bonchev–Trinajstić information content (AvgIpc) is 2.79. The number of piperazine rings is 1. The van der Waals surface area contributed by atoms with Crippen LogP contribution in [0.25, 0.3) is 0 Å². The summed E-state index contributed by atoms with van der Waals surface area (Å²) >= 11 is 1.81. The molecule has 3 rings (SSSR count). The molecule has 0 amide bonds. The van der Waals surface area contributed by atoms with Crippen molar-refractivity contribution in [2.45, 2.75) is 20.8 Å². The maximum Gasteiger partial charge on any atom is 0.185 e. The fourth-order valence-corrected chi connectivity index (χ4v) is 3.44. The highest BCUT2D eigenvalue weighted by molar-refractivity contribution is 7.15. The van der Waals surface area contributed by atoms with Crippen LogP contribution in [0.1, 0.15) is 16.3 Å².